The molecular weight excluding hydrogens is 287 g/mol. The number of aliphatic hydroxyl groups excluding tert-OH is 1. The van der Waals surface area contributed by atoms with Crippen LogP contribution in [0.15, 0.2) is 24.3 Å². The SMILES string of the molecule is CC1CN(C(=O)c2ccc(C(F)(F)F)cc2)CC(CO)O1. The molecule has 1 aliphatic heterocycles. The third-order valence-corrected chi connectivity index (χ3v) is 3.28. The van der Waals surface area contributed by atoms with Gasteiger partial charge >= 0.3 is 6.18 Å². The van der Waals surface area contributed by atoms with Crippen molar-refractivity contribution >= 4 is 5.91 Å². The number of carbonyl (C=O) groups is 1. The molecule has 0 radical (unpaired) electrons. The van der Waals surface area contributed by atoms with Crippen molar-refractivity contribution in [3.8, 4) is 0 Å². The van der Waals surface area contributed by atoms with Crippen molar-refractivity contribution in [2.45, 2.75) is 25.3 Å². The summed E-state index contributed by atoms with van der Waals surface area (Å²) in [6.07, 6.45) is -5.11. The first kappa shape index (κ1) is 15.8. The number of nitrogens with zero attached hydrogens (tertiary/aromatic N) is 1. The smallest absolute Gasteiger partial charge is 0.394 e. The fourth-order valence-corrected chi connectivity index (χ4v) is 2.30. The second-order valence-corrected chi connectivity index (χ2v) is 5.04. The zero-order valence-corrected chi connectivity index (χ0v) is 11.4. The zero-order chi connectivity index (χ0) is 15.6. The van der Waals surface area contributed by atoms with E-state index >= 15 is 0 Å². The van der Waals surface area contributed by atoms with Crippen LogP contribution in [-0.2, 0) is 10.9 Å². The van der Waals surface area contributed by atoms with Crippen LogP contribution in [0.5, 0.6) is 0 Å². The number of hydrogen-bond acceptors (Lipinski definition) is 3. The number of amides is 1. The van der Waals surface area contributed by atoms with Crippen molar-refractivity contribution in [2.75, 3.05) is 19.7 Å². The normalized spacial score (nSPS) is 23.2. The number of hydrogen-bond donors (Lipinski definition) is 1. The molecule has 2 atom stereocenters. The van der Waals surface area contributed by atoms with E-state index in [0.29, 0.717) is 6.54 Å². The van der Waals surface area contributed by atoms with Crippen LogP contribution in [0.2, 0.25) is 0 Å². The first-order valence-electron chi connectivity index (χ1n) is 6.54. The van der Waals surface area contributed by atoms with E-state index in [2.05, 4.69) is 0 Å². The largest absolute Gasteiger partial charge is 0.416 e. The Balaban J connectivity index is 2.12. The van der Waals surface area contributed by atoms with Gasteiger partial charge in [0.05, 0.1) is 24.4 Å². The van der Waals surface area contributed by atoms with Crippen LogP contribution in [0.4, 0.5) is 13.2 Å². The fraction of sp³-hybridized carbons (Fsp3) is 0.500. The minimum atomic E-state index is -4.42. The number of halogens is 3. The van der Waals surface area contributed by atoms with Gasteiger partial charge in [-0.3, -0.25) is 4.79 Å². The Hall–Kier alpha value is -1.60. The minimum Gasteiger partial charge on any atom is -0.394 e. The number of benzene rings is 1. The molecule has 116 valence electrons. The topological polar surface area (TPSA) is 49.8 Å². The monoisotopic (exact) mass is 303 g/mol. The lowest BCUT2D eigenvalue weighted by atomic mass is 10.1. The van der Waals surface area contributed by atoms with Crippen molar-refractivity contribution in [3.63, 3.8) is 0 Å². The van der Waals surface area contributed by atoms with E-state index in [9.17, 15) is 18.0 Å². The van der Waals surface area contributed by atoms with E-state index in [4.69, 9.17) is 9.84 Å². The van der Waals surface area contributed by atoms with Crippen LogP contribution in [0.1, 0.15) is 22.8 Å². The van der Waals surface area contributed by atoms with Crippen LogP contribution in [0.3, 0.4) is 0 Å². The Morgan fingerprint density at radius 1 is 1.33 bits per heavy atom. The molecule has 2 rings (SSSR count). The van der Waals surface area contributed by atoms with Gasteiger partial charge in [0.25, 0.3) is 5.91 Å². The molecule has 1 heterocycles. The summed E-state index contributed by atoms with van der Waals surface area (Å²) in [5.74, 6) is -0.364. The first-order valence-corrected chi connectivity index (χ1v) is 6.54. The Labute approximate surface area is 120 Å². The Kier molecular flexibility index (Phi) is 4.53. The molecule has 0 saturated carbocycles. The zero-order valence-electron chi connectivity index (χ0n) is 11.4. The van der Waals surface area contributed by atoms with Crippen molar-refractivity contribution in [3.05, 3.63) is 35.4 Å². The summed E-state index contributed by atoms with van der Waals surface area (Å²) in [6.45, 7) is 2.13. The van der Waals surface area contributed by atoms with Crippen LogP contribution in [0, 0.1) is 0 Å². The third kappa shape index (κ3) is 3.74. The van der Waals surface area contributed by atoms with Gasteiger partial charge in [-0.15, -0.1) is 0 Å². The molecule has 0 aromatic heterocycles. The molecule has 1 aliphatic rings. The maximum atomic E-state index is 12.5. The van der Waals surface area contributed by atoms with Gasteiger partial charge in [-0.1, -0.05) is 0 Å². The number of morpholine rings is 1. The van der Waals surface area contributed by atoms with Crippen LogP contribution < -0.4 is 0 Å². The standard InChI is InChI=1S/C14H16F3NO3/c1-9-6-18(7-12(8-19)21-9)13(20)10-2-4-11(5-3-10)14(15,16)17/h2-5,9,12,19H,6-8H2,1H3. The van der Waals surface area contributed by atoms with Crippen molar-refractivity contribution < 1.29 is 27.8 Å². The number of aliphatic hydroxyl groups is 1. The molecule has 21 heavy (non-hydrogen) atoms. The molecule has 1 aromatic carbocycles. The lowest BCUT2D eigenvalue weighted by molar-refractivity contribution is -0.137. The molecule has 1 fully saturated rings. The molecule has 4 nitrogen and oxygen atoms in total. The van der Waals surface area contributed by atoms with Gasteiger partial charge in [0, 0.05) is 18.7 Å². The Morgan fingerprint density at radius 3 is 2.48 bits per heavy atom. The predicted octanol–water partition coefficient (Wildman–Crippen LogP) is 1.93. The van der Waals surface area contributed by atoms with Gasteiger partial charge in [-0.05, 0) is 31.2 Å². The van der Waals surface area contributed by atoms with Crippen molar-refractivity contribution in [1.82, 2.24) is 4.90 Å². The summed E-state index contributed by atoms with van der Waals surface area (Å²) in [4.78, 5) is 13.8. The molecular formula is C14H16F3NO3. The molecule has 1 N–H and O–H groups in total. The third-order valence-electron chi connectivity index (χ3n) is 3.28. The van der Waals surface area contributed by atoms with Crippen molar-refractivity contribution in [1.29, 1.82) is 0 Å². The highest BCUT2D eigenvalue weighted by Gasteiger charge is 2.31. The van der Waals surface area contributed by atoms with E-state index in [0.717, 1.165) is 12.1 Å². The van der Waals surface area contributed by atoms with E-state index in [1.165, 1.54) is 17.0 Å². The Bertz CT molecular complexity index is 501. The Morgan fingerprint density at radius 2 is 1.95 bits per heavy atom. The second kappa shape index (κ2) is 6.03. The average Bonchev–Trinajstić information content (AvgIpc) is 2.45. The highest BCUT2D eigenvalue weighted by molar-refractivity contribution is 5.94. The van der Waals surface area contributed by atoms with Gasteiger partial charge in [-0.2, -0.15) is 13.2 Å². The van der Waals surface area contributed by atoms with Gasteiger partial charge in [0.15, 0.2) is 0 Å². The van der Waals surface area contributed by atoms with Gasteiger partial charge in [0.2, 0.25) is 0 Å². The molecule has 1 aromatic rings. The summed E-state index contributed by atoms with van der Waals surface area (Å²) in [7, 11) is 0. The molecule has 0 spiro atoms. The summed E-state index contributed by atoms with van der Waals surface area (Å²) in [6, 6.07) is 4.11. The van der Waals surface area contributed by atoms with Crippen molar-refractivity contribution in [2.24, 2.45) is 0 Å². The van der Waals surface area contributed by atoms with Crippen LogP contribution in [-0.4, -0.2) is 47.8 Å². The molecule has 2 unspecified atom stereocenters. The molecule has 1 saturated heterocycles. The number of alkyl halides is 3. The summed E-state index contributed by atoms with van der Waals surface area (Å²) < 4.78 is 42.9. The minimum absolute atomic E-state index is 0.189. The quantitative estimate of drug-likeness (QED) is 0.908. The summed E-state index contributed by atoms with van der Waals surface area (Å²) in [5.41, 5.74) is -0.601. The molecule has 7 heteroatoms. The highest BCUT2D eigenvalue weighted by Crippen LogP contribution is 2.29. The van der Waals surface area contributed by atoms with Gasteiger partial charge < -0.3 is 14.7 Å². The number of rotatable bonds is 2. The van der Waals surface area contributed by atoms with Gasteiger partial charge in [-0.25, -0.2) is 0 Å². The fourth-order valence-electron chi connectivity index (χ4n) is 2.30. The van der Waals surface area contributed by atoms with E-state index < -0.39 is 17.8 Å². The lowest BCUT2D eigenvalue weighted by Gasteiger charge is -2.36. The summed E-state index contributed by atoms with van der Waals surface area (Å²) >= 11 is 0. The lowest BCUT2D eigenvalue weighted by Crippen LogP contribution is -2.50. The van der Waals surface area contributed by atoms with E-state index in [1.54, 1.807) is 6.92 Å². The van der Waals surface area contributed by atoms with Crippen LogP contribution >= 0.6 is 0 Å². The molecule has 0 bridgehead atoms. The first-order chi connectivity index (χ1) is 9.81. The predicted molar refractivity (Wildman–Crippen MR) is 68.8 cm³/mol. The maximum Gasteiger partial charge on any atom is 0.416 e. The molecule has 1 amide bonds. The van der Waals surface area contributed by atoms with E-state index in [1.807, 2.05) is 0 Å². The van der Waals surface area contributed by atoms with Gasteiger partial charge in [0.1, 0.15) is 0 Å². The van der Waals surface area contributed by atoms with Crippen LogP contribution in [0.25, 0.3) is 0 Å². The second-order valence-electron chi connectivity index (χ2n) is 5.04. The number of ether oxygens (including phenoxy) is 1. The molecule has 0 aliphatic carbocycles. The number of carbonyl (C=O) groups excluding carboxylic acids is 1. The highest BCUT2D eigenvalue weighted by atomic mass is 19.4. The summed E-state index contributed by atoms with van der Waals surface area (Å²) in [5, 5.41) is 9.12. The van der Waals surface area contributed by atoms with E-state index in [-0.39, 0.29) is 30.7 Å². The maximum absolute atomic E-state index is 12.5. The average molecular weight is 303 g/mol.